The highest BCUT2D eigenvalue weighted by atomic mass is 35.5. The third-order valence-electron chi connectivity index (χ3n) is 6.45. The van der Waals surface area contributed by atoms with Gasteiger partial charge in [-0.25, -0.2) is 0 Å². The van der Waals surface area contributed by atoms with Crippen LogP contribution in [-0.4, -0.2) is 29.9 Å². The quantitative estimate of drug-likeness (QED) is 0.799. The summed E-state index contributed by atoms with van der Waals surface area (Å²) in [7, 11) is 0. The third-order valence-corrected chi connectivity index (χ3v) is 6.45. The van der Waals surface area contributed by atoms with Crippen molar-refractivity contribution in [3.8, 4) is 0 Å². The molecule has 4 atom stereocenters. The van der Waals surface area contributed by atoms with Crippen LogP contribution in [0, 0.1) is 17.8 Å². The predicted molar refractivity (Wildman–Crippen MR) is 110 cm³/mol. The Morgan fingerprint density at radius 1 is 1.08 bits per heavy atom. The standard InChI is InChI=1S/C20H29N3O.2ClH/c21-19-15-8-7-14(11-15)18(19)20(24)22-12-16-5-1-2-6-17(16)13-23-9-3-4-10-23;;/h1-2,5-6,14-15,18-19H,3-4,7-13,21H2,(H,22,24);2*1H. The van der Waals surface area contributed by atoms with E-state index >= 15 is 0 Å². The number of halogens is 2. The number of carbonyl (C=O) groups is 1. The second-order valence-electron chi connectivity index (χ2n) is 7.91. The molecule has 2 saturated carbocycles. The maximum Gasteiger partial charge on any atom is 0.225 e. The van der Waals surface area contributed by atoms with E-state index in [0.717, 1.165) is 13.0 Å². The first-order chi connectivity index (χ1) is 11.7. The highest BCUT2D eigenvalue weighted by Crippen LogP contribution is 2.47. The van der Waals surface area contributed by atoms with E-state index < -0.39 is 0 Å². The lowest BCUT2D eigenvalue weighted by Crippen LogP contribution is -2.45. The van der Waals surface area contributed by atoms with Gasteiger partial charge in [0, 0.05) is 19.1 Å². The molecule has 26 heavy (non-hydrogen) atoms. The summed E-state index contributed by atoms with van der Waals surface area (Å²) in [5, 5.41) is 3.18. The van der Waals surface area contributed by atoms with Gasteiger partial charge in [0.25, 0.3) is 0 Å². The Morgan fingerprint density at radius 2 is 1.73 bits per heavy atom. The summed E-state index contributed by atoms with van der Waals surface area (Å²) in [6.45, 7) is 4.02. The fraction of sp³-hybridized carbons (Fsp3) is 0.650. The first-order valence-corrected chi connectivity index (χ1v) is 9.55. The minimum Gasteiger partial charge on any atom is -0.352 e. The van der Waals surface area contributed by atoms with Crippen LogP contribution in [0.25, 0.3) is 0 Å². The van der Waals surface area contributed by atoms with Crippen molar-refractivity contribution >= 4 is 30.7 Å². The first kappa shape index (κ1) is 21.5. The van der Waals surface area contributed by atoms with Crippen LogP contribution in [0.4, 0.5) is 0 Å². The smallest absolute Gasteiger partial charge is 0.225 e. The number of nitrogens with one attached hydrogen (secondary N) is 1. The molecule has 0 aromatic heterocycles. The van der Waals surface area contributed by atoms with Crippen LogP contribution in [0.2, 0.25) is 0 Å². The summed E-state index contributed by atoms with van der Waals surface area (Å²) >= 11 is 0. The molecule has 6 heteroatoms. The van der Waals surface area contributed by atoms with Gasteiger partial charge in [0.2, 0.25) is 5.91 Å². The zero-order valence-electron chi connectivity index (χ0n) is 15.2. The van der Waals surface area contributed by atoms with E-state index in [2.05, 4.69) is 34.5 Å². The highest BCUT2D eigenvalue weighted by Gasteiger charge is 2.48. The van der Waals surface area contributed by atoms with E-state index in [-0.39, 0.29) is 42.7 Å². The van der Waals surface area contributed by atoms with Gasteiger partial charge in [-0.05, 0) is 68.2 Å². The van der Waals surface area contributed by atoms with E-state index in [1.165, 1.54) is 49.9 Å². The monoisotopic (exact) mass is 399 g/mol. The fourth-order valence-corrected chi connectivity index (χ4v) is 5.09. The summed E-state index contributed by atoms with van der Waals surface area (Å²) in [6.07, 6.45) is 6.17. The average molecular weight is 400 g/mol. The Hall–Kier alpha value is -0.810. The van der Waals surface area contributed by atoms with Crippen LogP contribution in [-0.2, 0) is 17.9 Å². The first-order valence-electron chi connectivity index (χ1n) is 9.55. The van der Waals surface area contributed by atoms with Gasteiger partial charge in [-0.2, -0.15) is 0 Å². The minimum atomic E-state index is 0. The Bertz CT molecular complexity index is 604. The van der Waals surface area contributed by atoms with E-state index in [9.17, 15) is 4.79 Å². The fourth-order valence-electron chi connectivity index (χ4n) is 5.09. The number of fused-ring (bicyclic) bond motifs is 2. The number of amides is 1. The molecule has 4 nitrogen and oxygen atoms in total. The zero-order valence-corrected chi connectivity index (χ0v) is 16.9. The Morgan fingerprint density at radius 3 is 2.38 bits per heavy atom. The van der Waals surface area contributed by atoms with Crippen molar-refractivity contribution in [1.82, 2.24) is 10.2 Å². The molecular weight excluding hydrogens is 369 g/mol. The van der Waals surface area contributed by atoms with E-state index in [1.54, 1.807) is 0 Å². The van der Waals surface area contributed by atoms with Crippen LogP contribution >= 0.6 is 24.8 Å². The number of carbonyl (C=O) groups excluding carboxylic acids is 1. The summed E-state index contributed by atoms with van der Waals surface area (Å²) in [4.78, 5) is 15.2. The van der Waals surface area contributed by atoms with Crippen molar-refractivity contribution in [2.75, 3.05) is 13.1 Å². The molecule has 3 fully saturated rings. The van der Waals surface area contributed by atoms with E-state index in [4.69, 9.17) is 5.73 Å². The second-order valence-corrected chi connectivity index (χ2v) is 7.91. The molecule has 4 rings (SSSR count). The number of likely N-dealkylation sites (tertiary alicyclic amines) is 1. The van der Waals surface area contributed by atoms with Gasteiger partial charge in [-0.15, -0.1) is 24.8 Å². The van der Waals surface area contributed by atoms with E-state index in [0.29, 0.717) is 18.4 Å². The largest absolute Gasteiger partial charge is 0.352 e. The predicted octanol–water partition coefficient (Wildman–Crippen LogP) is 3.12. The van der Waals surface area contributed by atoms with Crippen LogP contribution < -0.4 is 11.1 Å². The molecule has 146 valence electrons. The number of nitrogens with zero attached hydrogens (tertiary/aromatic N) is 1. The van der Waals surface area contributed by atoms with Crippen molar-refractivity contribution in [1.29, 1.82) is 0 Å². The summed E-state index contributed by atoms with van der Waals surface area (Å²) in [6, 6.07) is 8.58. The number of rotatable bonds is 5. The molecular formula is C20H31Cl2N3O. The molecule has 1 aromatic rings. The minimum absolute atomic E-state index is 0. The summed E-state index contributed by atoms with van der Waals surface area (Å²) in [5.74, 6) is 1.30. The van der Waals surface area contributed by atoms with Gasteiger partial charge in [0.15, 0.2) is 0 Å². The number of hydrogen-bond acceptors (Lipinski definition) is 3. The van der Waals surface area contributed by atoms with Crippen molar-refractivity contribution in [3.63, 3.8) is 0 Å². The number of benzene rings is 1. The maximum absolute atomic E-state index is 12.7. The molecule has 1 amide bonds. The molecule has 0 radical (unpaired) electrons. The van der Waals surface area contributed by atoms with Crippen LogP contribution in [0.5, 0.6) is 0 Å². The Kier molecular flexibility index (Phi) is 7.77. The lowest BCUT2D eigenvalue weighted by Gasteiger charge is -2.27. The molecule has 2 bridgehead atoms. The Labute approximate surface area is 169 Å². The molecule has 3 aliphatic rings. The van der Waals surface area contributed by atoms with Gasteiger partial charge in [0.1, 0.15) is 0 Å². The second kappa shape index (κ2) is 9.41. The highest BCUT2D eigenvalue weighted by molar-refractivity contribution is 5.85. The molecule has 2 aliphatic carbocycles. The topological polar surface area (TPSA) is 58.4 Å². The van der Waals surface area contributed by atoms with Crippen LogP contribution in [0.15, 0.2) is 24.3 Å². The molecule has 4 unspecified atom stereocenters. The maximum atomic E-state index is 12.7. The average Bonchev–Trinajstić information content (AvgIpc) is 3.31. The molecule has 1 heterocycles. The molecule has 1 aromatic carbocycles. The SMILES string of the molecule is Cl.Cl.NC1C2CCC(C2)C1C(=O)NCc1ccccc1CN1CCCC1. The molecule has 3 N–H and O–H groups in total. The van der Waals surface area contributed by atoms with Crippen molar-refractivity contribution < 1.29 is 4.79 Å². The number of nitrogens with two attached hydrogens (primary N) is 1. The van der Waals surface area contributed by atoms with Gasteiger partial charge in [-0.1, -0.05) is 24.3 Å². The van der Waals surface area contributed by atoms with Crippen LogP contribution in [0.1, 0.15) is 43.2 Å². The normalized spacial score (nSPS) is 29.9. The van der Waals surface area contributed by atoms with E-state index in [1.807, 2.05) is 0 Å². The van der Waals surface area contributed by atoms with Gasteiger partial charge in [-0.3, -0.25) is 9.69 Å². The van der Waals surface area contributed by atoms with Gasteiger partial charge >= 0.3 is 0 Å². The molecule has 1 aliphatic heterocycles. The van der Waals surface area contributed by atoms with Crippen LogP contribution in [0.3, 0.4) is 0 Å². The summed E-state index contributed by atoms with van der Waals surface area (Å²) < 4.78 is 0. The Balaban J connectivity index is 0.00000121. The van der Waals surface area contributed by atoms with Gasteiger partial charge in [0.05, 0.1) is 5.92 Å². The lowest BCUT2D eigenvalue weighted by molar-refractivity contribution is -0.127. The molecule has 0 spiro atoms. The van der Waals surface area contributed by atoms with Gasteiger partial charge < -0.3 is 11.1 Å². The summed E-state index contributed by atoms with van der Waals surface area (Å²) in [5.41, 5.74) is 8.89. The van der Waals surface area contributed by atoms with Crippen molar-refractivity contribution in [2.24, 2.45) is 23.5 Å². The molecule has 1 saturated heterocycles. The zero-order chi connectivity index (χ0) is 16.5. The lowest BCUT2D eigenvalue weighted by atomic mass is 9.84. The van der Waals surface area contributed by atoms with Crippen molar-refractivity contribution in [2.45, 2.75) is 51.2 Å². The third kappa shape index (κ3) is 4.36. The van der Waals surface area contributed by atoms with Crippen molar-refractivity contribution in [3.05, 3.63) is 35.4 Å². The number of hydrogen-bond donors (Lipinski definition) is 2.